The second-order valence-electron chi connectivity index (χ2n) is 7.43. The van der Waals surface area contributed by atoms with Crippen molar-refractivity contribution in [2.45, 2.75) is 58.3 Å². The van der Waals surface area contributed by atoms with Gasteiger partial charge in [0, 0.05) is 11.6 Å². The third kappa shape index (κ3) is 5.72. The standard InChI is InChI=1S/C20H26FO2.Rb/c1-14-5-7-15(8-6-14)16-9-11-17(12-10-16)20(22)23-19-4-2-3-18(21)13-19;/h2,4,13-17H,5-12H2,1H3;/q-1;+1. The molecule has 2 aliphatic carbocycles. The summed E-state index contributed by atoms with van der Waals surface area (Å²) in [5.74, 6) is 2.10. The summed E-state index contributed by atoms with van der Waals surface area (Å²) in [6.45, 7) is 2.35. The van der Waals surface area contributed by atoms with Gasteiger partial charge in [-0.2, -0.15) is 6.07 Å². The second kappa shape index (κ2) is 9.94. The van der Waals surface area contributed by atoms with Gasteiger partial charge in [-0.05, 0) is 56.3 Å². The molecule has 2 saturated carbocycles. The van der Waals surface area contributed by atoms with Crippen LogP contribution in [0.4, 0.5) is 4.39 Å². The molecule has 1 aromatic rings. The van der Waals surface area contributed by atoms with Gasteiger partial charge in [-0.25, -0.2) is 4.39 Å². The van der Waals surface area contributed by atoms with Gasteiger partial charge in [0.05, 0.1) is 5.92 Å². The maximum atomic E-state index is 13.1. The minimum absolute atomic E-state index is 0. The molecule has 2 aliphatic rings. The Morgan fingerprint density at radius 1 is 1.08 bits per heavy atom. The van der Waals surface area contributed by atoms with Crippen LogP contribution in [0.15, 0.2) is 18.2 Å². The number of ether oxygens (including phenoxy) is 1. The van der Waals surface area contributed by atoms with Crippen molar-refractivity contribution in [3.63, 3.8) is 0 Å². The zero-order valence-corrected chi connectivity index (χ0v) is 19.8. The Hall–Kier alpha value is 0.425. The largest absolute Gasteiger partial charge is 1.00 e. The summed E-state index contributed by atoms with van der Waals surface area (Å²) in [6.07, 6.45) is 9.55. The molecule has 0 saturated heterocycles. The van der Waals surface area contributed by atoms with E-state index in [1.807, 2.05) is 0 Å². The van der Waals surface area contributed by atoms with E-state index in [-0.39, 0.29) is 75.8 Å². The maximum absolute atomic E-state index is 13.1. The molecule has 3 rings (SSSR count). The summed E-state index contributed by atoms with van der Waals surface area (Å²) in [5.41, 5.74) is 0. The smallest absolute Gasteiger partial charge is 0.453 e. The number of rotatable bonds is 3. The molecule has 0 atom stereocenters. The summed E-state index contributed by atoms with van der Waals surface area (Å²) in [4.78, 5) is 12.2. The van der Waals surface area contributed by atoms with Crippen LogP contribution in [0.2, 0.25) is 0 Å². The van der Waals surface area contributed by atoms with Gasteiger partial charge in [-0.15, -0.1) is 12.1 Å². The summed E-state index contributed by atoms with van der Waals surface area (Å²) in [5, 5.41) is 0. The number of benzene rings is 1. The third-order valence-electron chi connectivity index (χ3n) is 5.79. The first-order valence-corrected chi connectivity index (χ1v) is 9.00. The third-order valence-corrected chi connectivity index (χ3v) is 5.79. The molecule has 0 aliphatic heterocycles. The van der Waals surface area contributed by atoms with Crippen molar-refractivity contribution in [3.8, 4) is 5.75 Å². The summed E-state index contributed by atoms with van der Waals surface area (Å²) in [7, 11) is 0. The summed E-state index contributed by atoms with van der Waals surface area (Å²) >= 11 is 0. The van der Waals surface area contributed by atoms with E-state index in [9.17, 15) is 9.18 Å². The Kier molecular flexibility index (Phi) is 8.59. The zero-order chi connectivity index (χ0) is 16.2. The van der Waals surface area contributed by atoms with Crippen molar-refractivity contribution in [2.24, 2.45) is 23.7 Å². The van der Waals surface area contributed by atoms with Gasteiger partial charge < -0.3 is 4.74 Å². The molecule has 0 aromatic heterocycles. The average molecular weight is 403 g/mol. The molecule has 4 heteroatoms. The SMILES string of the molecule is CC1CCC(C2CCC(C(=O)Oc3cc[c-]c(F)c3)CC2)CC1.[Rb+]. The van der Waals surface area contributed by atoms with Gasteiger partial charge in [0.25, 0.3) is 0 Å². The number of carbonyl (C=O) groups excluding carboxylic acids is 1. The van der Waals surface area contributed by atoms with Crippen molar-refractivity contribution in [1.82, 2.24) is 0 Å². The van der Waals surface area contributed by atoms with Gasteiger partial charge in [0.2, 0.25) is 0 Å². The molecule has 24 heavy (non-hydrogen) atoms. The molecule has 2 nitrogen and oxygen atoms in total. The molecule has 0 heterocycles. The Morgan fingerprint density at radius 3 is 2.25 bits per heavy atom. The normalized spacial score (nSPS) is 30.2. The van der Waals surface area contributed by atoms with E-state index in [0.29, 0.717) is 0 Å². The first-order valence-electron chi connectivity index (χ1n) is 9.00. The number of hydrogen-bond acceptors (Lipinski definition) is 2. The van der Waals surface area contributed by atoms with Crippen molar-refractivity contribution < 1.29 is 72.1 Å². The van der Waals surface area contributed by atoms with Crippen LogP contribution in [-0.4, -0.2) is 5.97 Å². The molecule has 0 radical (unpaired) electrons. The van der Waals surface area contributed by atoms with Crippen molar-refractivity contribution in [2.75, 3.05) is 0 Å². The van der Waals surface area contributed by atoms with Gasteiger partial charge >= 0.3 is 64.2 Å². The second-order valence-corrected chi connectivity index (χ2v) is 7.43. The van der Waals surface area contributed by atoms with Crippen molar-refractivity contribution in [3.05, 3.63) is 30.1 Å². The van der Waals surface area contributed by atoms with Crippen LogP contribution in [0.1, 0.15) is 58.3 Å². The Bertz CT molecular complexity index is 532. The Balaban J connectivity index is 0.00000208. The van der Waals surface area contributed by atoms with Crippen LogP contribution in [-0.2, 0) is 4.79 Å². The van der Waals surface area contributed by atoms with Crippen LogP contribution in [0.3, 0.4) is 0 Å². The summed E-state index contributed by atoms with van der Waals surface area (Å²) < 4.78 is 18.4. The van der Waals surface area contributed by atoms with E-state index < -0.39 is 5.82 Å². The number of hydrogen-bond donors (Lipinski definition) is 0. The molecule has 0 amide bonds. The minimum atomic E-state index is -0.495. The predicted molar refractivity (Wildman–Crippen MR) is 87.4 cm³/mol. The molecule has 1 aromatic carbocycles. The van der Waals surface area contributed by atoms with Gasteiger partial charge in [0.1, 0.15) is 0 Å². The molecule has 0 bridgehead atoms. The fourth-order valence-corrected chi connectivity index (χ4v) is 4.26. The van der Waals surface area contributed by atoms with Crippen LogP contribution in [0.5, 0.6) is 5.75 Å². The monoisotopic (exact) mass is 402 g/mol. The average Bonchev–Trinajstić information content (AvgIpc) is 2.56. The van der Waals surface area contributed by atoms with E-state index in [1.165, 1.54) is 37.8 Å². The van der Waals surface area contributed by atoms with E-state index in [1.54, 1.807) is 6.07 Å². The maximum Gasteiger partial charge on any atom is 1.00 e. The topological polar surface area (TPSA) is 26.3 Å². The Labute approximate surface area is 193 Å². The predicted octanol–water partition coefficient (Wildman–Crippen LogP) is 2.17. The zero-order valence-electron chi connectivity index (χ0n) is 14.9. The van der Waals surface area contributed by atoms with Gasteiger partial charge in [-0.1, -0.05) is 25.8 Å². The van der Waals surface area contributed by atoms with Gasteiger partial charge in [0.15, 0.2) is 0 Å². The molecule has 0 spiro atoms. The Morgan fingerprint density at radius 2 is 1.67 bits per heavy atom. The van der Waals surface area contributed by atoms with E-state index in [2.05, 4.69) is 13.0 Å². The molecule has 126 valence electrons. The first kappa shape index (κ1) is 20.7. The van der Waals surface area contributed by atoms with Crippen LogP contribution in [0, 0.1) is 35.6 Å². The van der Waals surface area contributed by atoms with Gasteiger partial charge in [-0.3, -0.25) is 4.79 Å². The van der Waals surface area contributed by atoms with E-state index >= 15 is 0 Å². The fraction of sp³-hybridized carbons (Fsp3) is 0.650. The van der Waals surface area contributed by atoms with Crippen LogP contribution < -0.4 is 62.9 Å². The molecular weight excluding hydrogens is 377 g/mol. The molecule has 0 N–H and O–H groups in total. The number of halogens is 1. The first-order chi connectivity index (χ1) is 11.1. The quantitative estimate of drug-likeness (QED) is 0.440. The molecule has 0 unspecified atom stereocenters. The van der Waals surface area contributed by atoms with Crippen LogP contribution >= 0.6 is 0 Å². The fourth-order valence-electron chi connectivity index (χ4n) is 4.26. The number of carbonyl (C=O) groups is 1. The minimum Gasteiger partial charge on any atom is -0.453 e. The van der Waals surface area contributed by atoms with E-state index in [0.717, 1.165) is 43.4 Å². The van der Waals surface area contributed by atoms with Crippen molar-refractivity contribution in [1.29, 1.82) is 0 Å². The summed E-state index contributed by atoms with van der Waals surface area (Å²) in [6, 6.07) is 6.65. The molecular formula is C20H26FO2Rb. The van der Waals surface area contributed by atoms with Crippen LogP contribution in [0.25, 0.3) is 0 Å². The van der Waals surface area contributed by atoms with E-state index in [4.69, 9.17) is 4.74 Å². The van der Waals surface area contributed by atoms with Crippen molar-refractivity contribution >= 4 is 5.97 Å². The molecule has 2 fully saturated rings. The number of esters is 1.